The first kappa shape index (κ1) is 7.45. The van der Waals surface area contributed by atoms with Gasteiger partial charge >= 0.3 is 0 Å². The highest BCUT2D eigenvalue weighted by molar-refractivity contribution is 4.67. The molecule has 2 saturated heterocycles. The van der Waals surface area contributed by atoms with Crippen LogP contribution in [0.1, 0.15) is 0 Å². The van der Waals surface area contributed by atoms with Gasteiger partial charge in [-0.25, -0.2) is 0 Å². The Balaban J connectivity index is 1.35. The highest BCUT2D eigenvalue weighted by Crippen LogP contribution is 2.08. The molecule has 0 aromatic carbocycles. The van der Waals surface area contributed by atoms with E-state index in [-0.39, 0.29) is 12.2 Å². The third-order valence-corrected chi connectivity index (χ3v) is 1.46. The van der Waals surface area contributed by atoms with Gasteiger partial charge in [0.1, 0.15) is 12.2 Å². The fraction of sp³-hybridized carbons (Fsp3) is 1.00. The van der Waals surface area contributed by atoms with Gasteiger partial charge in [0, 0.05) is 0 Å². The number of hydrogen-bond donors (Lipinski definition) is 1. The van der Waals surface area contributed by atoms with E-state index in [0.29, 0.717) is 13.2 Å². The monoisotopic (exact) mass is 161 g/mol. The Hall–Kier alpha value is -0.200. The molecule has 2 rings (SSSR count). The minimum Gasteiger partial charge on any atom is -0.371 e. The summed E-state index contributed by atoms with van der Waals surface area (Å²) in [6.45, 7) is 2.69. The van der Waals surface area contributed by atoms with Gasteiger partial charge in [0.2, 0.25) is 0 Å². The van der Waals surface area contributed by atoms with Crippen LogP contribution in [0.15, 0.2) is 0 Å². The molecule has 0 aliphatic carbocycles. The number of rotatable bonds is 6. The van der Waals surface area contributed by atoms with E-state index in [9.17, 15) is 0 Å². The van der Waals surface area contributed by atoms with E-state index in [1.54, 1.807) is 0 Å². The number of ether oxygens (including phenoxy) is 2. The van der Waals surface area contributed by atoms with Crippen molar-refractivity contribution in [1.29, 1.82) is 0 Å². The molecule has 2 atom stereocenters. The molecule has 5 nitrogen and oxygen atoms in total. The third-order valence-electron chi connectivity index (χ3n) is 1.46. The van der Waals surface area contributed by atoms with Crippen molar-refractivity contribution < 1.29 is 19.1 Å². The highest BCUT2D eigenvalue weighted by Gasteiger charge is 2.24. The van der Waals surface area contributed by atoms with Crippen molar-refractivity contribution in [1.82, 2.24) is 5.64 Å². The van der Waals surface area contributed by atoms with Gasteiger partial charge in [0.25, 0.3) is 0 Å². The van der Waals surface area contributed by atoms with Crippen LogP contribution in [0.5, 0.6) is 0 Å². The first-order valence-electron chi connectivity index (χ1n) is 3.67. The van der Waals surface area contributed by atoms with Crippen molar-refractivity contribution in [3.8, 4) is 0 Å². The topological polar surface area (TPSA) is 55.5 Å². The molecule has 0 amide bonds. The lowest BCUT2D eigenvalue weighted by Crippen LogP contribution is -2.20. The summed E-state index contributed by atoms with van der Waals surface area (Å²) in [6.07, 6.45) is 0.534. The molecule has 5 heteroatoms. The zero-order chi connectivity index (χ0) is 7.52. The lowest BCUT2D eigenvalue weighted by molar-refractivity contribution is -0.174. The second-order valence-electron chi connectivity index (χ2n) is 2.62. The molecule has 0 saturated carbocycles. The second kappa shape index (κ2) is 3.46. The van der Waals surface area contributed by atoms with Crippen molar-refractivity contribution >= 4 is 0 Å². The van der Waals surface area contributed by atoms with E-state index in [0.717, 1.165) is 13.2 Å². The fourth-order valence-corrected chi connectivity index (χ4v) is 0.624. The Morgan fingerprint density at radius 3 is 1.91 bits per heavy atom. The molecule has 0 aromatic rings. The van der Waals surface area contributed by atoms with Crippen LogP contribution >= 0.6 is 0 Å². The van der Waals surface area contributed by atoms with Gasteiger partial charge in [-0.15, -0.1) is 0 Å². The lowest BCUT2D eigenvalue weighted by atomic mass is 10.5. The normalized spacial score (nSPS) is 33.8. The summed E-state index contributed by atoms with van der Waals surface area (Å²) >= 11 is 0. The number of nitrogens with one attached hydrogen (secondary N) is 1. The average Bonchev–Trinajstić information content (AvgIpc) is 2.83. The van der Waals surface area contributed by atoms with Crippen LogP contribution < -0.4 is 5.64 Å². The van der Waals surface area contributed by atoms with Crippen molar-refractivity contribution in [2.45, 2.75) is 12.2 Å². The predicted octanol–water partition coefficient (Wildman–Crippen LogP) is -0.763. The van der Waals surface area contributed by atoms with Gasteiger partial charge in [-0.3, -0.25) is 9.68 Å². The van der Waals surface area contributed by atoms with Gasteiger partial charge in [-0.2, -0.15) is 0 Å². The van der Waals surface area contributed by atoms with Gasteiger partial charge < -0.3 is 9.47 Å². The minimum absolute atomic E-state index is 0.267. The van der Waals surface area contributed by atoms with E-state index in [1.165, 1.54) is 0 Å². The van der Waals surface area contributed by atoms with E-state index in [1.807, 2.05) is 0 Å². The molecule has 0 bridgehead atoms. The van der Waals surface area contributed by atoms with Gasteiger partial charge in [0.05, 0.1) is 26.4 Å². The van der Waals surface area contributed by atoms with Crippen LogP contribution in [0, 0.1) is 0 Å². The van der Waals surface area contributed by atoms with E-state index in [4.69, 9.17) is 19.1 Å². The summed E-state index contributed by atoms with van der Waals surface area (Å²) in [5.41, 5.74) is 2.37. The molecule has 2 aliphatic heterocycles. The Bertz CT molecular complexity index is 110. The maximum atomic E-state index is 4.90. The summed E-state index contributed by atoms with van der Waals surface area (Å²) < 4.78 is 9.81. The van der Waals surface area contributed by atoms with Gasteiger partial charge in [-0.05, 0) is 0 Å². The fourth-order valence-electron chi connectivity index (χ4n) is 0.624. The summed E-state index contributed by atoms with van der Waals surface area (Å²) in [5.74, 6) is 0. The van der Waals surface area contributed by atoms with Crippen LogP contribution in [0.3, 0.4) is 0 Å². The van der Waals surface area contributed by atoms with Crippen LogP contribution in [0.2, 0.25) is 0 Å². The lowest BCUT2D eigenvalue weighted by Gasteiger charge is -2.02. The SMILES string of the molecule is C(ONOCC1CO1)C1CO1. The average molecular weight is 161 g/mol. The van der Waals surface area contributed by atoms with Crippen LogP contribution in [0.25, 0.3) is 0 Å². The van der Waals surface area contributed by atoms with E-state index < -0.39 is 0 Å². The quantitative estimate of drug-likeness (QED) is 0.315. The molecular formula is C6H11NO4. The molecule has 2 unspecified atom stereocenters. The minimum atomic E-state index is 0.267. The van der Waals surface area contributed by atoms with Crippen molar-refractivity contribution in [2.75, 3.05) is 26.4 Å². The summed E-state index contributed by atoms with van der Waals surface area (Å²) in [5, 5.41) is 0. The number of hydrogen-bond acceptors (Lipinski definition) is 5. The molecule has 11 heavy (non-hydrogen) atoms. The molecular weight excluding hydrogens is 150 g/mol. The highest BCUT2D eigenvalue weighted by atomic mass is 16.9. The smallest absolute Gasteiger partial charge is 0.106 e. The predicted molar refractivity (Wildman–Crippen MR) is 34.5 cm³/mol. The van der Waals surface area contributed by atoms with Crippen molar-refractivity contribution in [2.24, 2.45) is 0 Å². The molecule has 1 N–H and O–H groups in total. The first-order chi connectivity index (χ1) is 5.45. The Morgan fingerprint density at radius 2 is 1.55 bits per heavy atom. The molecule has 2 heterocycles. The third kappa shape index (κ3) is 3.13. The van der Waals surface area contributed by atoms with Gasteiger partial charge in [-0.1, -0.05) is 5.64 Å². The van der Waals surface area contributed by atoms with E-state index in [2.05, 4.69) is 5.64 Å². The summed E-state index contributed by atoms with van der Waals surface area (Å²) in [7, 11) is 0. The van der Waals surface area contributed by atoms with Crippen LogP contribution in [-0.2, 0) is 19.1 Å². The maximum absolute atomic E-state index is 4.90. The Kier molecular flexibility index (Phi) is 2.35. The Labute approximate surface area is 64.5 Å². The Morgan fingerprint density at radius 1 is 1.09 bits per heavy atom. The summed E-state index contributed by atoms with van der Waals surface area (Å²) in [6, 6.07) is 0. The maximum Gasteiger partial charge on any atom is 0.106 e. The van der Waals surface area contributed by atoms with Crippen molar-refractivity contribution in [3.05, 3.63) is 0 Å². The zero-order valence-electron chi connectivity index (χ0n) is 6.12. The van der Waals surface area contributed by atoms with Crippen LogP contribution in [-0.4, -0.2) is 38.6 Å². The standard InChI is InChI=1S/C6H11NO4/c1-5(8-1)3-10-7-11-4-6-2-9-6/h5-7H,1-4H2. The van der Waals surface area contributed by atoms with E-state index >= 15 is 0 Å². The van der Waals surface area contributed by atoms with Gasteiger partial charge in [0.15, 0.2) is 0 Å². The molecule has 0 aromatic heterocycles. The molecule has 2 aliphatic rings. The number of epoxide rings is 2. The van der Waals surface area contributed by atoms with Crippen molar-refractivity contribution in [3.63, 3.8) is 0 Å². The molecule has 2 fully saturated rings. The first-order valence-corrected chi connectivity index (χ1v) is 3.67. The second-order valence-corrected chi connectivity index (χ2v) is 2.62. The molecule has 0 spiro atoms. The molecule has 64 valence electrons. The largest absolute Gasteiger partial charge is 0.371 e. The zero-order valence-corrected chi connectivity index (χ0v) is 6.12. The summed E-state index contributed by atoms with van der Waals surface area (Å²) in [4.78, 5) is 9.77. The molecule has 0 radical (unpaired) electrons. The van der Waals surface area contributed by atoms with Crippen LogP contribution in [0.4, 0.5) is 0 Å².